The summed E-state index contributed by atoms with van der Waals surface area (Å²) in [5, 5.41) is 6.40. The van der Waals surface area contributed by atoms with Crippen molar-refractivity contribution in [2.75, 3.05) is 13.7 Å². The molecule has 1 aliphatic rings. The van der Waals surface area contributed by atoms with Gasteiger partial charge in [-0.2, -0.15) is 0 Å². The molecule has 2 N–H and O–H groups in total. The lowest BCUT2D eigenvalue weighted by Crippen LogP contribution is -2.41. The number of amides is 1. The standard InChI is InChI=1S/C17H26N2O2/c1-13(14-8-10-16(21-2)11-9-14)18-12-17(20)19-15-6-4-3-5-7-15/h8-11,13,15,18H,3-7,12H2,1-2H3,(H,19,20). The Balaban J connectivity index is 1.74. The number of nitrogens with one attached hydrogen (secondary N) is 2. The summed E-state index contributed by atoms with van der Waals surface area (Å²) in [5.74, 6) is 0.947. The van der Waals surface area contributed by atoms with Crippen LogP contribution in [0.5, 0.6) is 5.75 Å². The van der Waals surface area contributed by atoms with Crippen molar-refractivity contribution in [3.8, 4) is 5.75 Å². The van der Waals surface area contributed by atoms with Crippen LogP contribution in [-0.2, 0) is 4.79 Å². The molecule has 0 aromatic heterocycles. The summed E-state index contributed by atoms with van der Waals surface area (Å²) in [6.07, 6.45) is 6.03. The van der Waals surface area contributed by atoms with E-state index in [4.69, 9.17) is 4.74 Å². The second-order valence-electron chi connectivity index (χ2n) is 5.78. The molecule has 1 fully saturated rings. The van der Waals surface area contributed by atoms with Gasteiger partial charge in [0, 0.05) is 12.1 Å². The fraction of sp³-hybridized carbons (Fsp3) is 0.588. The van der Waals surface area contributed by atoms with Gasteiger partial charge in [0.25, 0.3) is 0 Å². The Morgan fingerprint density at radius 2 is 1.90 bits per heavy atom. The first kappa shape index (κ1) is 15.8. The second-order valence-corrected chi connectivity index (χ2v) is 5.78. The molecule has 2 rings (SSSR count). The molecule has 1 aliphatic carbocycles. The summed E-state index contributed by atoms with van der Waals surface area (Å²) < 4.78 is 5.15. The van der Waals surface area contributed by atoms with Crippen LogP contribution >= 0.6 is 0 Å². The maximum Gasteiger partial charge on any atom is 0.234 e. The van der Waals surface area contributed by atoms with Gasteiger partial charge in [-0.1, -0.05) is 31.4 Å². The van der Waals surface area contributed by atoms with E-state index >= 15 is 0 Å². The van der Waals surface area contributed by atoms with Gasteiger partial charge >= 0.3 is 0 Å². The molecular weight excluding hydrogens is 264 g/mol. The summed E-state index contributed by atoms with van der Waals surface area (Å²) in [6.45, 7) is 2.43. The van der Waals surface area contributed by atoms with Gasteiger partial charge < -0.3 is 15.4 Å². The van der Waals surface area contributed by atoms with Gasteiger partial charge in [-0.15, -0.1) is 0 Å². The number of benzene rings is 1. The first-order valence-corrected chi connectivity index (χ1v) is 7.85. The fourth-order valence-electron chi connectivity index (χ4n) is 2.78. The third-order valence-electron chi connectivity index (χ3n) is 4.15. The molecule has 0 saturated heterocycles. The lowest BCUT2D eigenvalue weighted by molar-refractivity contribution is -0.121. The predicted octanol–water partition coefficient (Wildman–Crippen LogP) is 2.79. The molecule has 1 saturated carbocycles. The van der Waals surface area contributed by atoms with Crippen LogP contribution in [0.15, 0.2) is 24.3 Å². The number of carbonyl (C=O) groups excluding carboxylic acids is 1. The van der Waals surface area contributed by atoms with Crippen LogP contribution in [0.25, 0.3) is 0 Å². The molecule has 4 heteroatoms. The van der Waals surface area contributed by atoms with E-state index in [-0.39, 0.29) is 11.9 Å². The maximum absolute atomic E-state index is 12.0. The third kappa shape index (κ3) is 5.05. The van der Waals surface area contributed by atoms with E-state index in [1.807, 2.05) is 24.3 Å². The van der Waals surface area contributed by atoms with Crippen molar-refractivity contribution < 1.29 is 9.53 Å². The molecule has 4 nitrogen and oxygen atoms in total. The Kier molecular flexibility index (Phi) is 6.05. The molecule has 0 heterocycles. The summed E-state index contributed by atoms with van der Waals surface area (Å²) >= 11 is 0. The minimum atomic E-state index is 0.0993. The number of carbonyl (C=O) groups is 1. The van der Waals surface area contributed by atoms with Gasteiger partial charge in [0.05, 0.1) is 13.7 Å². The van der Waals surface area contributed by atoms with Gasteiger partial charge in [0.2, 0.25) is 5.91 Å². The number of ether oxygens (including phenoxy) is 1. The molecule has 0 spiro atoms. The minimum absolute atomic E-state index is 0.0993. The van der Waals surface area contributed by atoms with Crippen molar-refractivity contribution in [2.45, 2.75) is 51.1 Å². The highest BCUT2D eigenvalue weighted by molar-refractivity contribution is 5.78. The van der Waals surface area contributed by atoms with E-state index in [2.05, 4.69) is 17.6 Å². The van der Waals surface area contributed by atoms with Gasteiger partial charge in [0.15, 0.2) is 0 Å². The van der Waals surface area contributed by atoms with Gasteiger partial charge in [-0.05, 0) is 37.5 Å². The minimum Gasteiger partial charge on any atom is -0.497 e. The molecule has 21 heavy (non-hydrogen) atoms. The normalized spacial score (nSPS) is 17.2. The topological polar surface area (TPSA) is 50.4 Å². The van der Waals surface area contributed by atoms with Crippen molar-refractivity contribution in [2.24, 2.45) is 0 Å². The molecular formula is C17H26N2O2. The molecule has 0 bridgehead atoms. The smallest absolute Gasteiger partial charge is 0.234 e. The summed E-state index contributed by atoms with van der Waals surface area (Å²) in [5.41, 5.74) is 1.15. The van der Waals surface area contributed by atoms with Crippen molar-refractivity contribution in [1.82, 2.24) is 10.6 Å². The highest BCUT2D eigenvalue weighted by atomic mass is 16.5. The quantitative estimate of drug-likeness (QED) is 0.847. The zero-order valence-electron chi connectivity index (χ0n) is 13.0. The average Bonchev–Trinajstić information content (AvgIpc) is 2.53. The Hall–Kier alpha value is -1.55. The molecule has 0 radical (unpaired) electrons. The monoisotopic (exact) mass is 290 g/mol. The van der Waals surface area contributed by atoms with E-state index in [0.29, 0.717) is 12.6 Å². The van der Waals surface area contributed by atoms with Crippen LogP contribution in [0.4, 0.5) is 0 Å². The van der Waals surface area contributed by atoms with Crippen LogP contribution < -0.4 is 15.4 Å². The molecule has 1 aromatic carbocycles. The predicted molar refractivity (Wildman–Crippen MR) is 84.4 cm³/mol. The number of hydrogen-bond acceptors (Lipinski definition) is 3. The van der Waals surface area contributed by atoms with Crippen LogP contribution in [0.2, 0.25) is 0 Å². The van der Waals surface area contributed by atoms with E-state index < -0.39 is 0 Å². The van der Waals surface area contributed by atoms with Crippen LogP contribution in [-0.4, -0.2) is 25.6 Å². The Morgan fingerprint density at radius 1 is 1.24 bits per heavy atom. The van der Waals surface area contributed by atoms with Gasteiger partial charge in [-0.3, -0.25) is 4.79 Å². The molecule has 1 aromatic rings. The number of rotatable bonds is 6. The van der Waals surface area contributed by atoms with Crippen LogP contribution in [0.1, 0.15) is 50.6 Å². The third-order valence-corrected chi connectivity index (χ3v) is 4.15. The zero-order valence-corrected chi connectivity index (χ0v) is 13.0. The molecule has 1 amide bonds. The van der Waals surface area contributed by atoms with Gasteiger partial charge in [0.1, 0.15) is 5.75 Å². The van der Waals surface area contributed by atoms with Crippen molar-refractivity contribution in [3.63, 3.8) is 0 Å². The lowest BCUT2D eigenvalue weighted by atomic mass is 9.95. The van der Waals surface area contributed by atoms with Gasteiger partial charge in [-0.25, -0.2) is 0 Å². The zero-order chi connectivity index (χ0) is 15.1. The summed E-state index contributed by atoms with van der Waals surface area (Å²) in [7, 11) is 1.66. The molecule has 1 atom stereocenters. The fourth-order valence-corrected chi connectivity index (χ4v) is 2.78. The van der Waals surface area contributed by atoms with Crippen LogP contribution in [0, 0.1) is 0 Å². The highest BCUT2D eigenvalue weighted by Crippen LogP contribution is 2.18. The summed E-state index contributed by atoms with van der Waals surface area (Å²) in [6, 6.07) is 8.45. The summed E-state index contributed by atoms with van der Waals surface area (Å²) in [4.78, 5) is 12.0. The maximum atomic E-state index is 12.0. The number of hydrogen-bond donors (Lipinski definition) is 2. The molecule has 1 unspecified atom stereocenters. The largest absolute Gasteiger partial charge is 0.497 e. The lowest BCUT2D eigenvalue weighted by Gasteiger charge is -2.23. The average molecular weight is 290 g/mol. The Bertz CT molecular complexity index is 439. The van der Waals surface area contributed by atoms with Crippen molar-refractivity contribution >= 4 is 5.91 Å². The second kappa shape index (κ2) is 8.03. The van der Waals surface area contributed by atoms with Crippen LogP contribution in [0.3, 0.4) is 0 Å². The van der Waals surface area contributed by atoms with Crippen molar-refractivity contribution in [3.05, 3.63) is 29.8 Å². The SMILES string of the molecule is COc1ccc(C(C)NCC(=O)NC2CCCCC2)cc1. The molecule has 116 valence electrons. The van der Waals surface area contributed by atoms with E-state index in [9.17, 15) is 4.79 Å². The van der Waals surface area contributed by atoms with E-state index in [0.717, 1.165) is 24.2 Å². The van der Waals surface area contributed by atoms with Crippen molar-refractivity contribution in [1.29, 1.82) is 0 Å². The molecule has 0 aliphatic heterocycles. The Labute approximate surface area is 127 Å². The first-order chi connectivity index (χ1) is 10.2. The highest BCUT2D eigenvalue weighted by Gasteiger charge is 2.16. The van der Waals surface area contributed by atoms with E-state index in [1.54, 1.807) is 7.11 Å². The number of methoxy groups -OCH3 is 1. The first-order valence-electron chi connectivity index (χ1n) is 7.85. The Morgan fingerprint density at radius 3 is 2.52 bits per heavy atom. The van der Waals surface area contributed by atoms with E-state index in [1.165, 1.54) is 19.3 Å².